The molecule has 2 unspecified atom stereocenters. The average Bonchev–Trinajstić information content (AvgIpc) is 3.36. The zero-order chi connectivity index (χ0) is 26.8. The van der Waals surface area contributed by atoms with Crippen molar-refractivity contribution in [1.29, 1.82) is 0 Å². The van der Waals surface area contributed by atoms with E-state index in [0.717, 1.165) is 36.8 Å². The Morgan fingerprint density at radius 3 is 2.32 bits per heavy atom. The SMILES string of the molecule is COc1ccc(CN(CC(O)C(Cc2ccccc2)NC(=O)OC(C)(C)C)OC2CCCC2)cc1OC. The van der Waals surface area contributed by atoms with E-state index in [9.17, 15) is 9.90 Å². The van der Waals surface area contributed by atoms with Gasteiger partial charge in [-0.25, -0.2) is 4.79 Å². The van der Waals surface area contributed by atoms with E-state index >= 15 is 0 Å². The van der Waals surface area contributed by atoms with Crippen LogP contribution in [0.3, 0.4) is 0 Å². The van der Waals surface area contributed by atoms with Gasteiger partial charge in [-0.3, -0.25) is 4.84 Å². The van der Waals surface area contributed by atoms with Gasteiger partial charge in [0.1, 0.15) is 5.60 Å². The highest BCUT2D eigenvalue weighted by Gasteiger charge is 2.29. The number of hydrogen-bond acceptors (Lipinski definition) is 7. The van der Waals surface area contributed by atoms with E-state index in [2.05, 4.69) is 5.32 Å². The van der Waals surface area contributed by atoms with Crippen LogP contribution in [0, 0.1) is 0 Å². The number of aliphatic hydroxyl groups excluding tert-OH is 1. The summed E-state index contributed by atoms with van der Waals surface area (Å²) in [4.78, 5) is 19.0. The third-order valence-corrected chi connectivity index (χ3v) is 6.26. The molecule has 1 fully saturated rings. The zero-order valence-corrected chi connectivity index (χ0v) is 22.7. The largest absolute Gasteiger partial charge is 0.493 e. The van der Waals surface area contributed by atoms with Crippen molar-refractivity contribution in [3.8, 4) is 11.5 Å². The number of hydroxylamine groups is 2. The molecule has 204 valence electrons. The summed E-state index contributed by atoms with van der Waals surface area (Å²) >= 11 is 0. The van der Waals surface area contributed by atoms with Crippen molar-refractivity contribution in [3.05, 3.63) is 59.7 Å². The minimum absolute atomic E-state index is 0.110. The van der Waals surface area contributed by atoms with Crippen LogP contribution >= 0.6 is 0 Å². The Morgan fingerprint density at radius 1 is 1.03 bits per heavy atom. The van der Waals surface area contributed by atoms with Crippen LogP contribution in [0.25, 0.3) is 0 Å². The summed E-state index contributed by atoms with van der Waals surface area (Å²) in [6.07, 6.45) is 3.34. The van der Waals surface area contributed by atoms with Crippen molar-refractivity contribution >= 4 is 6.09 Å². The molecule has 1 aliphatic rings. The number of nitrogens with one attached hydrogen (secondary N) is 1. The van der Waals surface area contributed by atoms with Gasteiger partial charge in [0.05, 0.1) is 39.0 Å². The number of alkyl carbamates (subject to hydrolysis) is 1. The molecule has 0 heterocycles. The molecular weight excluding hydrogens is 472 g/mol. The Bertz CT molecular complexity index is 972. The van der Waals surface area contributed by atoms with Gasteiger partial charge in [-0.1, -0.05) is 49.2 Å². The lowest BCUT2D eigenvalue weighted by atomic mass is 10.0. The van der Waals surface area contributed by atoms with Crippen molar-refractivity contribution in [2.45, 2.75) is 83.3 Å². The molecule has 1 amide bonds. The van der Waals surface area contributed by atoms with Crippen molar-refractivity contribution < 1.29 is 28.9 Å². The molecule has 2 N–H and O–H groups in total. The number of carbonyl (C=O) groups is 1. The number of methoxy groups -OCH3 is 2. The summed E-state index contributed by atoms with van der Waals surface area (Å²) in [7, 11) is 3.21. The number of nitrogens with zero attached hydrogens (tertiary/aromatic N) is 1. The smallest absolute Gasteiger partial charge is 0.407 e. The van der Waals surface area contributed by atoms with Gasteiger partial charge in [0, 0.05) is 6.54 Å². The quantitative estimate of drug-likeness (QED) is 0.390. The molecule has 0 radical (unpaired) electrons. The number of aliphatic hydroxyl groups is 1. The van der Waals surface area contributed by atoms with Crippen molar-refractivity contribution in [2.75, 3.05) is 20.8 Å². The van der Waals surface area contributed by atoms with Gasteiger partial charge in [0.15, 0.2) is 11.5 Å². The van der Waals surface area contributed by atoms with Crippen LogP contribution < -0.4 is 14.8 Å². The monoisotopic (exact) mass is 514 g/mol. The fraction of sp³-hybridized carbons (Fsp3) is 0.552. The fourth-order valence-corrected chi connectivity index (χ4v) is 4.48. The molecule has 0 aliphatic heterocycles. The summed E-state index contributed by atoms with van der Waals surface area (Å²) in [5.41, 5.74) is 1.32. The van der Waals surface area contributed by atoms with Gasteiger partial charge in [0.2, 0.25) is 0 Å². The molecule has 2 atom stereocenters. The molecule has 37 heavy (non-hydrogen) atoms. The highest BCUT2D eigenvalue weighted by molar-refractivity contribution is 5.68. The Morgan fingerprint density at radius 2 is 1.70 bits per heavy atom. The molecule has 3 rings (SSSR count). The summed E-state index contributed by atoms with van der Waals surface area (Å²) in [6.45, 7) is 6.09. The first-order chi connectivity index (χ1) is 17.7. The summed E-state index contributed by atoms with van der Waals surface area (Å²) in [5.74, 6) is 1.29. The number of benzene rings is 2. The maximum absolute atomic E-state index is 12.6. The highest BCUT2D eigenvalue weighted by Crippen LogP contribution is 2.29. The van der Waals surface area contributed by atoms with Gasteiger partial charge in [-0.05, 0) is 63.3 Å². The molecule has 2 aromatic carbocycles. The van der Waals surface area contributed by atoms with E-state index < -0.39 is 23.8 Å². The maximum Gasteiger partial charge on any atom is 0.407 e. The zero-order valence-electron chi connectivity index (χ0n) is 22.7. The molecular formula is C29H42N2O6. The van der Waals surface area contributed by atoms with Crippen molar-refractivity contribution in [2.24, 2.45) is 0 Å². The standard InChI is InChI=1S/C29H42N2O6/c1-29(2,3)36-28(33)30-24(17-21-11-7-6-8-12-21)25(32)20-31(37-23-13-9-10-14-23)19-22-15-16-26(34-4)27(18-22)35-5/h6-8,11-12,15-16,18,23-25,32H,9-10,13-14,17,19-20H2,1-5H3,(H,30,33). The Hall–Kier alpha value is -2.81. The van der Waals surface area contributed by atoms with Crippen LogP contribution in [0.15, 0.2) is 48.5 Å². The van der Waals surface area contributed by atoms with Crippen LogP contribution in [0.2, 0.25) is 0 Å². The van der Waals surface area contributed by atoms with Crippen LogP contribution in [-0.2, 0) is 22.5 Å². The Balaban J connectivity index is 1.78. The van der Waals surface area contributed by atoms with Crippen LogP contribution in [0.1, 0.15) is 57.6 Å². The topological polar surface area (TPSA) is 89.5 Å². The first-order valence-corrected chi connectivity index (χ1v) is 13.0. The lowest BCUT2D eigenvalue weighted by Crippen LogP contribution is -2.50. The molecule has 0 bridgehead atoms. The second-order valence-electron chi connectivity index (χ2n) is 10.5. The molecule has 1 saturated carbocycles. The molecule has 2 aromatic rings. The first kappa shape index (κ1) is 28.8. The number of carbonyl (C=O) groups excluding carboxylic acids is 1. The van der Waals surface area contributed by atoms with Gasteiger partial charge >= 0.3 is 6.09 Å². The molecule has 0 spiro atoms. The summed E-state index contributed by atoms with van der Waals surface area (Å²) < 4.78 is 16.3. The molecule has 1 aliphatic carbocycles. The predicted molar refractivity (Wildman–Crippen MR) is 143 cm³/mol. The van der Waals surface area contributed by atoms with Crippen molar-refractivity contribution in [3.63, 3.8) is 0 Å². The number of amides is 1. The summed E-state index contributed by atoms with van der Waals surface area (Å²) in [5, 5.41) is 16.1. The highest BCUT2D eigenvalue weighted by atomic mass is 16.7. The van der Waals surface area contributed by atoms with Crippen LogP contribution in [0.5, 0.6) is 11.5 Å². The fourth-order valence-electron chi connectivity index (χ4n) is 4.48. The number of rotatable bonds is 12. The summed E-state index contributed by atoms with van der Waals surface area (Å²) in [6, 6.07) is 14.9. The van der Waals surface area contributed by atoms with Crippen LogP contribution in [0.4, 0.5) is 4.79 Å². The van der Waals surface area contributed by atoms with Gasteiger partial charge < -0.3 is 24.6 Å². The molecule has 0 aromatic heterocycles. The minimum Gasteiger partial charge on any atom is -0.493 e. The van der Waals surface area contributed by atoms with E-state index in [0.29, 0.717) is 24.5 Å². The predicted octanol–water partition coefficient (Wildman–Crippen LogP) is 4.88. The third kappa shape index (κ3) is 9.54. The van der Waals surface area contributed by atoms with Gasteiger partial charge in [-0.2, -0.15) is 5.06 Å². The first-order valence-electron chi connectivity index (χ1n) is 13.0. The third-order valence-electron chi connectivity index (χ3n) is 6.26. The van der Waals surface area contributed by atoms with Gasteiger partial charge in [0.25, 0.3) is 0 Å². The van der Waals surface area contributed by atoms with E-state index in [-0.39, 0.29) is 12.6 Å². The Kier molecular flexibility index (Phi) is 10.6. The van der Waals surface area contributed by atoms with E-state index in [4.69, 9.17) is 19.0 Å². The maximum atomic E-state index is 12.6. The molecule has 8 nitrogen and oxygen atoms in total. The van der Waals surface area contributed by atoms with E-state index in [1.165, 1.54) is 0 Å². The number of hydrogen-bond donors (Lipinski definition) is 2. The second kappa shape index (κ2) is 13.7. The van der Waals surface area contributed by atoms with Gasteiger partial charge in [-0.15, -0.1) is 0 Å². The normalized spacial score (nSPS) is 15.9. The minimum atomic E-state index is -0.908. The number of ether oxygens (including phenoxy) is 3. The molecule has 8 heteroatoms. The van der Waals surface area contributed by atoms with E-state index in [1.807, 2.05) is 69.3 Å². The average molecular weight is 515 g/mol. The molecule has 0 saturated heterocycles. The van der Waals surface area contributed by atoms with Crippen LogP contribution in [-0.4, -0.2) is 60.9 Å². The lowest BCUT2D eigenvalue weighted by Gasteiger charge is -2.32. The second-order valence-corrected chi connectivity index (χ2v) is 10.5. The lowest BCUT2D eigenvalue weighted by molar-refractivity contribution is -0.214. The van der Waals surface area contributed by atoms with E-state index in [1.54, 1.807) is 19.3 Å². The van der Waals surface area contributed by atoms with Crippen molar-refractivity contribution in [1.82, 2.24) is 10.4 Å². The Labute approximate surface area is 220 Å².